The van der Waals surface area contributed by atoms with Crippen molar-refractivity contribution in [2.24, 2.45) is 11.8 Å². The first-order valence-electron chi connectivity index (χ1n) is 8.01. The molecule has 1 unspecified atom stereocenters. The van der Waals surface area contributed by atoms with Crippen LogP contribution in [0.4, 0.5) is 0 Å². The molecule has 0 saturated carbocycles. The van der Waals surface area contributed by atoms with Gasteiger partial charge in [-0.1, -0.05) is 44.2 Å². The summed E-state index contributed by atoms with van der Waals surface area (Å²) in [4.78, 5) is 11.3. The maximum Gasteiger partial charge on any atom is 0.307 e. The van der Waals surface area contributed by atoms with E-state index in [1.165, 1.54) is 0 Å². The maximum absolute atomic E-state index is 11.3. The first kappa shape index (κ1) is 17.3. The number of carboxylic acid groups (broad SMARTS) is 1. The van der Waals surface area contributed by atoms with Gasteiger partial charge in [-0.25, -0.2) is 0 Å². The predicted molar refractivity (Wildman–Crippen MR) is 92.8 cm³/mol. The fraction of sp³-hybridized carbons (Fsp3) is 0.421. The molecule has 0 aromatic heterocycles. The first-order chi connectivity index (χ1) is 11.0. The molecule has 0 amide bonds. The number of methoxy groups -OCH3 is 1. The molecule has 2 rings (SSSR count). The van der Waals surface area contributed by atoms with Crippen molar-refractivity contribution in [3.63, 3.8) is 0 Å². The second-order valence-corrected chi connectivity index (χ2v) is 6.26. The molecule has 4 heteroatoms. The van der Waals surface area contributed by atoms with E-state index in [-0.39, 0.29) is 5.92 Å². The van der Waals surface area contributed by atoms with Gasteiger partial charge in [0.15, 0.2) is 0 Å². The molecule has 0 fully saturated rings. The monoisotopic (exact) mass is 315 g/mol. The van der Waals surface area contributed by atoms with Crippen LogP contribution in [0.3, 0.4) is 0 Å². The molecule has 4 nitrogen and oxygen atoms in total. The van der Waals surface area contributed by atoms with E-state index in [0.29, 0.717) is 25.4 Å². The minimum absolute atomic E-state index is 0.365. The molecule has 0 saturated heterocycles. The van der Waals surface area contributed by atoms with Crippen molar-refractivity contribution < 1.29 is 14.6 Å². The fourth-order valence-corrected chi connectivity index (χ4v) is 2.90. The Labute approximate surface area is 137 Å². The molecule has 0 heterocycles. The normalized spacial score (nSPS) is 12.5. The van der Waals surface area contributed by atoms with Crippen LogP contribution in [-0.2, 0) is 11.3 Å². The van der Waals surface area contributed by atoms with E-state index in [2.05, 4.69) is 17.4 Å². The molecule has 0 bridgehead atoms. The van der Waals surface area contributed by atoms with Gasteiger partial charge in [0, 0.05) is 18.7 Å². The summed E-state index contributed by atoms with van der Waals surface area (Å²) in [6.07, 6.45) is 0.676. The van der Waals surface area contributed by atoms with Gasteiger partial charge in [-0.05, 0) is 29.2 Å². The molecule has 2 aromatic carbocycles. The number of carbonyl (C=O) groups is 1. The summed E-state index contributed by atoms with van der Waals surface area (Å²) < 4.78 is 5.47. The average Bonchev–Trinajstić information content (AvgIpc) is 2.53. The lowest BCUT2D eigenvalue weighted by atomic mass is 9.97. The van der Waals surface area contributed by atoms with Gasteiger partial charge in [-0.15, -0.1) is 0 Å². The van der Waals surface area contributed by atoms with Crippen LogP contribution in [0.25, 0.3) is 10.8 Å². The highest BCUT2D eigenvalue weighted by Crippen LogP contribution is 2.27. The largest absolute Gasteiger partial charge is 0.496 e. The average molecular weight is 315 g/mol. The number of ether oxygens (including phenoxy) is 1. The topological polar surface area (TPSA) is 58.6 Å². The molecule has 0 aliphatic rings. The van der Waals surface area contributed by atoms with E-state index in [0.717, 1.165) is 22.1 Å². The van der Waals surface area contributed by atoms with Crippen molar-refractivity contribution in [3.05, 3.63) is 42.0 Å². The van der Waals surface area contributed by atoms with Gasteiger partial charge in [0.25, 0.3) is 0 Å². The Kier molecular flexibility index (Phi) is 5.99. The van der Waals surface area contributed by atoms with Gasteiger partial charge < -0.3 is 15.2 Å². The third kappa shape index (κ3) is 4.45. The highest BCUT2D eigenvalue weighted by atomic mass is 16.5. The third-order valence-electron chi connectivity index (χ3n) is 4.02. The maximum atomic E-state index is 11.3. The Hall–Kier alpha value is -2.07. The van der Waals surface area contributed by atoms with Crippen molar-refractivity contribution in [3.8, 4) is 5.75 Å². The minimum Gasteiger partial charge on any atom is -0.496 e. The van der Waals surface area contributed by atoms with Crippen LogP contribution >= 0.6 is 0 Å². The summed E-state index contributed by atoms with van der Waals surface area (Å²) in [5, 5.41) is 14.9. The van der Waals surface area contributed by atoms with Crippen LogP contribution in [0, 0.1) is 11.8 Å². The molecule has 2 N–H and O–H groups in total. The van der Waals surface area contributed by atoms with Crippen LogP contribution in [0.15, 0.2) is 36.4 Å². The van der Waals surface area contributed by atoms with E-state index in [4.69, 9.17) is 4.74 Å². The molecule has 0 radical (unpaired) electrons. The van der Waals surface area contributed by atoms with Crippen LogP contribution < -0.4 is 10.1 Å². The molecule has 2 aromatic rings. The first-order valence-corrected chi connectivity index (χ1v) is 8.01. The lowest BCUT2D eigenvalue weighted by molar-refractivity contribution is -0.142. The number of hydrogen-bond acceptors (Lipinski definition) is 3. The third-order valence-corrected chi connectivity index (χ3v) is 4.02. The lowest BCUT2D eigenvalue weighted by Gasteiger charge is -2.17. The number of rotatable bonds is 8. The smallest absolute Gasteiger partial charge is 0.307 e. The van der Waals surface area contributed by atoms with E-state index in [9.17, 15) is 9.90 Å². The predicted octanol–water partition coefficient (Wildman–Crippen LogP) is 3.68. The number of nitrogens with one attached hydrogen (secondary N) is 1. The summed E-state index contributed by atoms with van der Waals surface area (Å²) in [5.41, 5.74) is 1.07. The van der Waals surface area contributed by atoms with Crippen molar-refractivity contribution >= 4 is 16.7 Å². The molecular formula is C19H25NO3. The molecule has 0 aliphatic heterocycles. The minimum atomic E-state index is -0.740. The summed E-state index contributed by atoms with van der Waals surface area (Å²) in [6, 6.07) is 12.1. The number of aliphatic carboxylic acids is 1. The van der Waals surface area contributed by atoms with Gasteiger partial charge in [0.05, 0.1) is 13.0 Å². The van der Waals surface area contributed by atoms with Crippen LogP contribution in [0.2, 0.25) is 0 Å². The second-order valence-electron chi connectivity index (χ2n) is 6.26. The fourth-order valence-electron chi connectivity index (χ4n) is 2.90. The Morgan fingerprint density at radius 1 is 1.22 bits per heavy atom. The van der Waals surface area contributed by atoms with Crippen LogP contribution in [-0.4, -0.2) is 24.7 Å². The van der Waals surface area contributed by atoms with Gasteiger partial charge >= 0.3 is 5.97 Å². The number of benzene rings is 2. The number of carboxylic acids is 1. The highest BCUT2D eigenvalue weighted by Gasteiger charge is 2.18. The molecular weight excluding hydrogens is 290 g/mol. The SMILES string of the molecule is COc1ccc2ccccc2c1CNCC(CC(C)C)C(=O)O. The van der Waals surface area contributed by atoms with Crippen molar-refractivity contribution in [2.75, 3.05) is 13.7 Å². The van der Waals surface area contributed by atoms with Gasteiger partial charge in [0.2, 0.25) is 0 Å². The Balaban J connectivity index is 2.13. The number of fused-ring (bicyclic) bond motifs is 1. The van der Waals surface area contributed by atoms with Gasteiger partial charge in [-0.2, -0.15) is 0 Å². The second kappa shape index (κ2) is 7.97. The van der Waals surface area contributed by atoms with E-state index in [1.54, 1.807) is 7.11 Å². The quantitative estimate of drug-likeness (QED) is 0.780. The number of hydrogen-bond donors (Lipinski definition) is 2. The Bertz CT molecular complexity index is 667. The standard InChI is InChI=1S/C19H25NO3/c1-13(2)10-15(19(21)22)11-20-12-17-16-7-5-4-6-14(16)8-9-18(17)23-3/h4-9,13,15,20H,10-12H2,1-3H3,(H,21,22). The summed E-state index contributed by atoms with van der Waals surface area (Å²) in [6.45, 7) is 5.14. The summed E-state index contributed by atoms with van der Waals surface area (Å²) >= 11 is 0. The molecule has 23 heavy (non-hydrogen) atoms. The zero-order chi connectivity index (χ0) is 16.8. The van der Waals surface area contributed by atoms with E-state index in [1.807, 2.05) is 38.1 Å². The molecule has 124 valence electrons. The van der Waals surface area contributed by atoms with E-state index >= 15 is 0 Å². The Morgan fingerprint density at radius 2 is 1.96 bits per heavy atom. The summed E-state index contributed by atoms with van der Waals surface area (Å²) in [5.74, 6) is 0.0870. The van der Waals surface area contributed by atoms with Crippen LogP contribution in [0.5, 0.6) is 5.75 Å². The summed E-state index contributed by atoms with van der Waals surface area (Å²) in [7, 11) is 1.66. The zero-order valence-electron chi connectivity index (χ0n) is 14.0. The van der Waals surface area contributed by atoms with Gasteiger partial charge in [-0.3, -0.25) is 4.79 Å². The van der Waals surface area contributed by atoms with Crippen LogP contribution in [0.1, 0.15) is 25.8 Å². The van der Waals surface area contributed by atoms with Crippen molar-refractivity contribution in [2.45, 2.75) is 26.8 Å². The molecule has 0 aliphatic carbocycles. The van der Waals surface area contributed by atoms with E-state index < -0.39 is 5.97 Å². The van der Waals surface area contributed by atoms with Crippen molar-refractivity contribution in [1.82, 2.24) is 5.32 Å². The lowest BCUT2D eigenvalue weighted by Crippen LogP contribution is -2.29. The molecule has 0 spiro atoms. The Morgan fingerprint density at radius 3 is 2.61 bits per heavy atom. The molecule has 1 atom stereocenters. The van der Waals surface area contributed by atoms with Gasteiger partial charge in [0.1, 0.15) is 5.75 Å². The van der Waals surface area contributed by atoms with Crippen molar-refractivity contribution in [1.29, 1.82) is 0 Å². The zero-order valence-corrected chi connectivity index (χ0v) is 14.0. The highest BCUT2D eigenvalue weighted by molar-refractivity contribution is 5.87.